The Morgan fingerprint density at radius 1 is 1.41 bits per heavy atom. The third-order valence-corrected chi connectivity index (χ3v) is 4.80. The lowest BCUT2D eigenvalue weighted by molar-refractivity contribution is -0.120. The molecule has 10 heteroatoms. The number of carboxylic acid groups (broad SMARTS) is 1. The van der Waals surface area contributed by atoms with Crippen molar-refractivity contribution in [3.63, 3.8) is 0 Å². The van der Waals surface area contributed by atoms with Crippen molar-refractivity contribution in [1.82, 2.24) is 20.3 Å². The van der Waals surface area contributed by atoms with E-state index in [9.17, 15) is 19.7 Å². The van der Waals surface area contributed by atoms with Gasteiger partial charge in [-0.05, 0) is 18.1 Å². The number of fused-ring (bicyclic) bond motifs is 1. The van der Waals surface area contributed by atoms with E-state index in [1.807, 2.05) is 0 Å². The minimum absolute atomic E-state index is 0.00780. The number of nitrogens with zero attached hydrogens (tertiary/aromatic N) is 3. The molecule has 0 fully saturated rings. The molecule has 0 saturated carbocycles. The monoisotopic (exact) mass is 400 g/mol. The number of rotatable bonds is 9. The van der Waals surface area contributed by atoms with Crippen molar-refractivity contribution in [3.05, 3.63) is 41.2 Å². The fourth-order valence-electron chi connectivity index (χ4n) is 3.38. The van der Waals surface area contributed by atoms with Crippen LogP contribution in [0.4, 0.5) is 0 Å². The summed E-state index contributed by atoms with van der Waals surface area (Å²) in [7, 11) is -1.24. The Morgan fingerprint density at radius 2 is 2.21 bits per heavy atom. The standard InChI is InChI=1S/C19H25BN4O5/c1-12(2)21-7-6-15-10-24(23-22-15)11-16(25)9-14-8-13-4-3-5-17(19(26)27)18(13)29-20(14)28/h3-5,10,12,14,21,28H,6-9,11H2,1-2H3,(H,26,27)/t14-/m1/s1. The molecule has 0 aliphatic carbocycles. The average molecular weight is 400 g/mol. The lowest BCUT2D eigenvalue weighted by Gasteiger charge is -2.27. The molecule has 2 heterocycles. The number of carbonyl (C=O) groups is 2. The predicted molar refractivity (Wildman–Crippen MR) is 106 cm³/mol. The van der Waals surface area contributed by atoms with Gasteiger partial charge < -0.3 is 20.1 Å². The summed E-state index contributed by atoms with van der Waals surface area (Å²) >= 11 is 0. The maximum Gasteiger partial charge on any atom is 0.526 e. The number of carbonyl (C=O) groups excluding carboxylic acids is 1. The molecule has 0 saturated heterocycles. The van der Waals surface area contributed by atoms with E-state index < -0.39 is 18.9 Å². The molecule has 1 aromatic carbocycles. The number of hydrogen-bond acceptors (Lipinski definition) is 7. The van der Waals surface area contributed by atoms with Gasteiger partial charge in [-0.2, -0.15) is 0 Å². The Hall–Kier alpha value is -2.72. The van der Waals surface area contributed by atoms with Crippen LogP contribution in [0, 0.1) is 0 Å². The molecule has 0 amide bonds. The number of nitrogens with one attached hydrogen (secondary N) is 1. The van der Waals surface area contributed by atoms with Gasteiger partial charge in [0.1, 0.15) is 12.3 Å². The van der Waals surface area contributed by atoms with Gasteiger partial charge >= 0.3 is 13.1 Å². The van der Waals surface area contributed by atoms with Crippen LogP contribution in [0.25, 0.3) is 0 Å². The van der Waals surface area contributed by atoms with E-state index >= 15 is 0 Å². The van der Waals surface area contributed by atoms with Gasteiger partial charge in [0.25, 0.3) is 0 Å². The van der Waals surface area contributed by atoms with Crippen LogP contribution in [0.15, 0.2) is 24.4 Å². The van der Waals surface area contributed by atoms with Crippen LogP contribution in [0.1, 0.15) is 41.9 Å². The topological polar surface area (TPSA) is 127 Å². The van der Waals surface area contributed by atoms with Crippen molar-refractivity contribution in [2.24, 2.45) is 0 Å². The third kappa shape index (κ3) is 5.42. The second-order valence-electron chi connectivity index (χ2n) is 7.58. The van der Waals surface area contributed by atoms with Crippen LogP contribution in [0.2, 0.25) is 5.82 Å². The first kappa shape index (κ1) is 21.0. The number of ketones is 1. The van der Waals surface area contributed by atoms with Gasteiger partial charge in [0.05, 0.1) is 11.3 Å². The average Bonchev–Trinajstić information content (AvgIpc) is 3.08. The Morgan fingerprint density at radius 3 is 2.93 bits per heavy atom. The zero-order chi connectivity index (χ0) is 21.0. The van der Waals surface area contributed by atoms with Crippen molar-refractivity contribution < 1.29 is 24.4 Å². The van der Waals surface area contributed by atoms with Crippen molar-refractivity contribution in [1.29, 1.82) is 0 Å². The van der Waals surface area contributed by atoms with Gasteiger partial charge in [0.2, 0.25) is 0 Å². The van der Waals surface area contributed by atoms with Gasteiger partial charge in [-0.15, -0.1) is 5.10 Å². The minimum Gasteiger partial charge on any atom is -0.535 e. The fraction of sp³-hybridized carbons (Fsp3) is 0.474. The summed E-state index contributed by atoms with van der Waals surface area (Å²) < 4.78 is 6.94. The Labute approximate surface area is 169 Å². The lowest BCUT2D eigenvalue weighted by Crippen LogP contribution is -2.36. The second kappa shape index (κ2) is 9.19. The molecule has 3 rings (SSSR count). The molecule has 0 bridgehead atoms. The molecular formula is C19H25BN4O5. The first-order chi connectivity index (χ1) is 13.8. The summed E-state index contributed by atoms with van der Waals surface area (Å²) in [6.07, 6.45) is 2.95. The number of aromatic nitrogens is 3. The van der Waals surface area contributed by atoms with Crippen LogP contribution < -0.4 is 9.97 Å². The Balaban J connectivity index is 1.57. The molecule has 29 heavy (non-hydrogen) atoms. The van der Waals surface area contributed by atoms with E-state index in [2.05, 4.69) is 29.5 Å². The van der Waals surface area contributed by atoms with Gasteiger partial charge in [0.15, 0.2) is 5.78 Å². The fourth-order valence-corrected chi connectivity index (χ4v) is 3.38. The SMILES string of the molecule is CC(C)NCCc1cn(CC(=O)C[C@H]2Cc3cccc(C(=O)O)c3OB2O)nn1. The van der Waals surface area contributed by atoms with Crippen LogP contribution in [0.5, 0.6) is 5.75 Å². The Kier molecular flexibility index (Phi) is 6.66. The van der Waals surface area contributed by atoms with Crippen molar-refractivity contribution >= 4 is 18.9 Å². The third-order valence-electron chi connectivity index (χ3n) is 4.80. The number of para-hydroxylation sites is 1. The van der Waals surface area contributed by atoms with Gasteiger partial charge in [-0.3, -0.25) is 4.79 Å². The van der Waals surface area contributed by atoms with E-state index in [-0.39, 0.29) is 30.1 Å². The molecule has 1 aliphatic rings. The highest BCUT2D eigenvalue weighted by Gasteiger charge is 2.37. The van der Waals surface area contributed by atoms with Gasteiger partial charge in [0, 0.05) is 37.4 Å². The summed E-state index contributed by atoms with van der Waals surface area (Å²) in [4.78, 5) is 23.8. The van der Waals surface area contributed by atoms with Crippen LogP contribution in [-0.4, -0.2) is 56.6 Å². The molecular weight excluding hydrogens is 375 g/mol. The molecule has 2 aromatic rings. The highest BCUT2D eigenvalue weighted by atomic mass is 16.5. The van der Waals surface area contributed by atoms with E-state index in [1.165, 1.54) is 10.7 Å². The zero-order valence-corrected chi connectivity index (χ0v) is 16.5. The van der Waals surface area contributed by atoms with Crippen molar-refractivity contribution in [2.75, 3.05) is 6.54 Å². The van der Waals surface area contributed by atoms with Crippen molar-refractivity contribution in [3.8, 4) is 5.75 Å². The van der Waals surface area contributed by atoms with E-state index in [1.54, 1.807) is 18.3 Å². The Bertz CT molecular complexity index is 885. The summed E-state index contributed by atoms with van der Waals surface area (Å²) in [5, 5.41) is 30.9. The summed E-state index contributed by atoms with van der Waals surface area (Å²) in [6, 6.07) is 5.21. The first-order valence-corrected chi connectivity index (χ1v) is 9.67. The summed E-state index contributed by atoms with van der Waals surface area (Å²) in [6.45, 7) is 4.99. The normalized spacial score (nSPS) is 15.9. The number of benzene rings is 1. The highest BCUT2D eigenvalue weighted by Crippen LogP contribution is 2.36. The molecule has 9 nitrogen and oxygen atoms in total. The van der Waals surface area contributed by atoms with Crippen LogP contribution in [0.3, 0.4) is 0 Å². The predicted octanol–water partition coefficient (Wildman–Crippen LogP) is 0.962. The summed E-state index contributed by atoms with van der Waals surface area (Å²) in [5.41, 5.74) is 1.49. The lowest BCUT2D eigenvalue weighted by atomic mass is 9.64. The number of Topliss-reactive ketones (excluding diaryl/α,β-unsaturated/α-hetero) is 1. The largest absolute Gasteiger partial charge is 0.535 e. The minimum atomic E-state index is -1.24. The quantitative estimate of drug-likeness (QED) is 0.532. The summed E-state index contributed by atoms with van der Waals surface area (Å²) in [5.74, 6) is -1.49. The number of carboxylic acids is 1. The van der Waals surface area contributed by atoms with Crippen molar-refractivity contribution in [2.45, 2.75) is 51.5 Å². The highest BCUT2D eigenvalue weighted by molar-refractivity contribution is 6.47. The molecule has 1 aliphatic heterocycles. The molecule has 0 unspecified atom stereocenters. The molecule has 154 valence electrons. The van der Waals surface area contributed by atoms with E-state index in [0.717, 1.165) is 18.7 Å². The molecule has 0 radical (unpaired) electrons. The maximum atomic E-state index is 12.5. The van der Waals surface area contributed by atoms with E-state index in [4.69, 9.17) is 4.65 Å². The van der Waals surface area contributed by atoms with E-state index in [0.29, 0.717) is 18.0 Å². The molecule has 1 atom stereocenters. The molecule has 1 aromatic heterocycles. The zero-order valence-electron chi connectivity index (χ0n) is 16.5. The maximum absolute atomic E-state index is 12.5. The number of aromatic carboxylic acids is 1. The smallest absolute Gasteiger partial charge is 0.526 e. The molecule has 3 N–H and O–H groups in total. The second-order valence-corrected chi connectivity index (χ2v) is 7.58. The van der Waals surface area contributed by atoms with Gasteiger partial charge in [-0.1, -0.05) is 31.2 Å². The first-order valence-electron chi connectivity index (χ1n) is 9.67. The van der Waals surface area contributed by atoms with Gasteiger partial charge in [-0.25, -0.2) is 9.48 Å². The molecule has 0 spiro atoms. The van der Waals surface area contributed by atoms with Crippen LogP contribution in [-0.2, 0) is 24.2 Å². The number of hydrogen-bond donors (Lipinski definition) is 3. The van der Waals surface area contributed by atoms with Crippen LogP contribution >= 0.6 is 0 Å².